The molecule has 0 aliphatic rings. The minimum absolute atomic E-state index is 0.0281. The van der Waals surface area contributed by atoms with Crippen LogP contribution in [0, 0.1) is 0 Å². The van der Waals surface area contributed by atoms with Crippen LogP contribution in [0.3, 0.4) is 0 Å². The summed E-state index contributed by atoms with van der Waals surface area (Å²) < 4.78 is 25.4. The molecule has 0 fully saturated rings. The van der Waals surface area contributed by atoms with Gasteiger partial charge in [-0.1, -0.05) is 42.5 Å². The van der Waals surface area contributed by atoms with E-state index in [0.29, 0.717) is 10.8 Å². The molecule has 0 aliphatic carbocycles. The van der Waals surface area contributed by atoms with Gasteiger partial charge in [-0.2, -0.15) is 0 Å². The number of hydrogen-bond acceptors (Lipinski definition) is 4. The van der Waals surface area contributed by atoms with Gasteiger partial charge in [-0.05, 0) is 12.1 Å². The maximum absolute atomic E-state index is 12.7. The van der Waals surface area contributed by atoms with Crippen molar-refractivity contribution in [2.45, 2.75) is 9.79 Å². The van der Waals surface area contributed by atoms with Crippen LogP contribution in [0.1, 0.15) is 0 Å². The van der Waals surface area contributed by atoms with Crippen molar-refractivity contribution in [3.05, 3.63) is 60.7 Å². The Kier molecular flexibility index (Phi) is 3.07. The lowest BCUT2D eigenvalue weighted by atomic mass is 10.1. The molecule has 0 radical (unpaired) electrons. The summed E-state index contributed by atoms with van der Waals surface area (Å²) >= 11 is 0. The molecule has 0 saturated carbocycles. The number of benzene rings is 3. The van der Waals surface area contributed by atoms with Gasteiger partial charge in [0, 0.05) is 16.8 Å². The highest BCUT2D eigenvalue weighted by atomic mass is 32.2. The molecular formula is C16H12O4S. The minimum Gasteiger partial charge on any atom is -0.504 e. The van der Waals surface area contributed by atoms with Gasteiger partial charge in [0.2, 0.25) is 9.84 Å². The summed E-state index contributed by atoms with van der Waals surface area (Å²) in [5.41, 5.74) is 0. The first-order chi connectivity index (χ1) is 10.0. The number of fused-ring (bicyclic) bond motifs is 1. The van der Waals surface area contributed by atoms with Gasteiger partial charge in [0.15, 0.2) is 11.5 Å². The second-order valence-electron chi connectivity index (χ2n) is 4.60. The standard InChI is InChI=1S/C16H12O4S/c17-14-10-15(12-8-4-5-9-13(12)16(14)18)21(19,20)11-6-2-1-3-7-11/h1-10,17-18H. The molecule has 0 bridgehead atoms. The molecular weight excluding hydrogens is 288 g/mol. The zero-order valence-electron chi connectivity index (χ0n) is 10.9. The van der Waals surface area contributed by atoms with Crippen LogP contribution in [-0.4, -0.2) is 18.6 Å². The van der Waals surface area contributed by atoms with Crippen molar-refractivity contribution in [3.63, 3.8) is 0 Å². The number of phenols is 2. The average Bonchev–Trinajstić information content (AvgIpc) is 2.51. The average molecular weight is 300 g/mol. The monoisotopic (exact) mass is 300 g/mol. The number of sulfone groups is 1. The first-order valence-corrected chi connectivity index (χ1v) is 7.74. The molecule has 21 heavy (non-hydrogen) atoms. The molecule has 0 aromatic heterocycles. The molecule has 0 heterocycles. The van der Waals surface area contributed by atoms with Crippen molar-refractivity contribution in [1.29, 1.82) is 0 Å². The fourth-order valence-electron chi connectivity index (χ4n) is 2.26. The van der Waals surface area contributed by atoms with Crippen LogP contribution in [0.25, 0.3) is 10.8 Å². The molecule has 5 heteroatoms. The van der Waals surface area contributed by atoms with Gasteiger partial charge in [-0.25, -0.2) is 8.42 Å². The quantitative estimate of drug-likeness (QED) is 0.713. The second kappa shape index (κ2) is 4.79. The first-order valence-electron chi connectivity index (χ1n) is 6.25. The molecule has 0 saturated heterocycles. The predicted molar refractivity (Wildman–Crippen MR) is 79.2 cm³/mol. The number of phenolic OH excluding ortho intramolecular Hbond substituents is 2. The molecule has 0 aliphatic heterocycles. The molecule has 3 rings (SSSR count). The smallest absolute Gasteiger partial charge is 0.207 e. The summed E-state index contributed by atoms with van der Waals surface area (Å²) in [6.45, 7) is 0. The normalized spacial score (nSPS) is 11.6. The molecule has 2 N–H and O–H groups in total. The van der Waals surface area contributed by atoms with Crippen molar-refractivity contribution in [2.24, 2.45) is 0 Å². The lowest BCUT2D eigenvalue weighted by Gasteiger charge is -2.11. The van der Waals surface area contributed by atoms with Gasteiger partial charge in [0.05, 0.1) is 9.79 Å². The third-order valence-electron chi connectivity index (χ3n) is 3.30. The van der Waals surface area contributed by atoms with Crippen molar-refractivity contribution in [2.75, 3.05) is 0 Å². The van der Waals surface area contributed by atoms with E-state index in [4.69, 9.17) is 0 Å². The molecule has 4 nitrogen and oxygen atoms in total. The summed E-state index contributed by atoms with van der Waals surface area (Å²) in [6.07, 6.45) is 0. The molecule has 3 aromatic carbocycles. The lowest BCUT2D eigenvalue weighted by Crippen LogP contribution is -2.02. The molecule has 0 amide bonds. The maximum atomic E-state index is 12.7. The van der Waals surface area contributed by atoms with E-state index >= 15 is 0 Å². The fourth-order valence-corrected chi connectivity index (χ4v) is 3.77. The Morgan fingerprint density at radius 2 is 1.33 bits per heavy atom. The largest absolute Gasteiger partial charge is 0.504 e. The highest BCUT2D eigenvalue weighted by molar-refractivity contribution is 7.91. The van der Waals surface area contributed by atoms with E-state index in [1.807, 2.05) is 0 Å². The van der Waals surface area contributed by atoms with Gasteiger partial charge >= 0.3 is 0 Å². The van der Waals surface area contributed by atoms with E-state index in [1.165, 1.54) is 12.1 Å². The molecule has 0 atom stereocenters. The minimum atomic E-state index is -3.78. The van der Waals surface area contributed by atoms with Crippen LogP contribution in [-0.2, 0) is 9.84 Å². The van der Waals surface area contributed by atoms with Crippen LogP contribution in [0.15, 0.2) is 70.5 Å². The van der Waals surface area contributed by atoms with E-state index in [2.05, 4.69) is 0 Å². The van der Waals surface area contributed by atoms with Crippen molar-refractivity contribution >= 4 is 20.6 Å². The molecule has 3 aromatic rings. The number of hydrogen-bond donors (Lipinski definition) is 2. The number of aromatic hydroxyl groups is 2. The van der Waals surface area contributed by atoms with Gasteiger partial charge in [0.1, 0.15) is 0 Å². The Bertz CT molecular complexity index is 916. The van der Waals surface area contributed by atoms with Gasteiger partial charge in [-0.3, -0.25) is 0 Å². The van der Waals surface area contributed by atoms with Crippen LogP contribution < -0.4 is 0 Å². The molecule has 0 unspecified atom stereocenters. The first kappa shape index (κ1) is 13.5. The zero-order chi connectivity index (χ0) is 15.0. The summed E-state index contributed by atoms with van der Waals surface area (Å²) in [5, 5.41) is 20.3. The summed E-state index contributed by atoms with van der Waals surface area (Å²) in [4.78, 5) is 0.111. The van der Waals surface area contributed by atoms with E-state index in [9.17, 15) is 18.6 Å². The Morgan fingerprint density at radius 3 is 2.00 bits per heavy atom. The van der Waals surface area contributed by atoms with Crippen molar-refractivity contribution < 1.29 is 18.6 Å². The summed E-state index contributed by atoms with van der Waals surface area (Å²) in [6, 6.07) is 15.6. The highest BCUT2D eigenvalue weighted by Gasteiger charge is 2.23. The van der Waals surface area contributed by atoms with Crippen molar-refractivity contribution in [1.82, 2.24) is 0 Å². The van der Waals surface area contributed by atoms with Gasteiger partial charge in [0.25, 0.3) is 0 Å². The predicted octanol–water partition coefficient (Wildman–Crippen LogP) is 3.08. The third-order valence-corrected chi connectivity index (χ3v) is 5.11. The maximum Gasteiger partial charge on any atom is 0.207 e. The third kappa shape index (κ3) is 2.11. The van der Waals surface area contributed by atoms with E-state index in [1.54, 1.807) is 42.5 Å². The van der Waals surface area contributed by atoms with E-state index in [0.717, 1.165) is 6.07 Å². The SMILES string of the molecule is O=S(=O)(c1ccccc1)c1cc(O)c(O)c2ccccc12. The summed E-state index contributed by atoms with van der Waals surface area (Å²) in [7, 11) is -3.78. The Morgan fingerprint density at radius 1 is 0.762 bits per heavy atom. The zero-order valence-corrected chi connectivity index (χ0v) is 11.7. The highest BCUT2D eigenvalue weighted by Crippen LogP contribution is 2.39. The fraction of sp³-hybridized carbons (Fsp3) is 0. The second-order valence-corrected chi connectivity index (χ2v) is 6.52. The van der Waals surface area contributed by atoms with E-state index < -0.39 is 15.6 Å². The topological polar surface area (TPSA) is 74.6 Å². The van der Waals surface area contributed by atoms with Gasteiger partial charge in [-0.15, -0.1) is 0 Å². The van der Waals surface area contributed by atoms with Crippen molar-refractivity contribution in [3.8, 4) is 11.5 Å². The Hall–Kier alpha value is -2.53. The molecule has 106 valence electrons. The van der Waals surface area contributed by atoms with Crippen LogP contribution in [0.4, 0.5) is 0 Å². The van der Waals surface area contributed by atoms with Crippen LogP contribution >= 0.6 is 0 Å². The Labute approximate surface area is 121 Å². The number of rotatable bonds is 2. The summed E-state index contributed by atoms with van der Waals surface area (Å²) in [5.74, 6) is -0.777. The van der Waals surface area contributed by atoms with Gasteiger partial charge < -0.3 is 10.2 Å². The van der Waals surface area contributed by atoms with Crippen LogP contribution in [0.2, 0.25) is 0 Å². The lowest BCUT2D eigenvalue weighted by molar-refractivity contribution is 0.407. The van der Waals surface area contributed by atoms with Crippen LogP contribution in [0.5, 0.6) is 11.5 Å². The molecule has 0 spiro atoms. The Balaban J connectivity index is 2.39. The van der Waals surface area contributed by atoms with E-state index in [-0.39, 0.29) is 15.5 Å².